The maximum absolute atomic E-state index is 10.1. The summed E-state index contributed by atoms with van der Waals surface area (Å²) >= 11 is 0. The predicted molar refractivity (Wildman–Crippen MR) is 37.9 cm³/mol. The first-order valence-corrected chi connectivity index (χ1v) is 3.62. The van der Waals surface area contributed by atoms with Crippen LogP contribution in [-0.2, 0) is 4.79 Å². The van der Waals surface area contributed by atoms with Crippen LogP contribution in [0.2, 0.25) is 0 Å². The second kappa shape index (κ2) is 3.01. The first-order valence-electron chi connectivity index (χ1n) is 3.62. The van der Waals surface area contributed by atoms with Gasteiger partial charge in [0.2, 0.25) is 0 Å². The van der Waals surface area contributed by atoms with Gasteiger partial charge in [-0.25, -0.2) is 0 Å². The largest absolute Gasteiger partial charge is 0.481 e. The zero-order valence-corrected chi connectivity index (χ0v) is 6.21. The molecule has 1 fully saturated rings. The highest BCUT2D eigenvalue weighted by atomic mass is 16.4. The molecule has 0 unspecified atom stereocenters. The van der Waals surface area contributed by atoms with E-state index in [4.69, 9.17) is 5.11 Å². The Balaban J connectivity index is 2.05. The Morgan fingerprint density at radius 3 is 2.70 bits per heavy atom. The highest BCUT2D eigenvalue weighted by Crippen LogP contribution is 2.24. The van der Waals surface area contributed by atoms with Gasteiger partial charge in [0.1, 0.15) is 0 Å². The molecular formula is C7H13NO2. The lowest BCUT2D eigenvalue weighted by Gasteiger charge is -2.12. The molecule has 3 heteroatoms. The molecule has 10 heavy (non-hydrogen) atoms. The fourth-order valence-corrected chi connectivity index (χ4v) is 0.970. The van der Waals surface area contributed by atoms with Crippen molar-refractivity contribution in [1.29, 1.82) is 0 Å². The third-order valence-electron chi connectivity index (χ3n) is 1.85. The van der Waals surface area contributed by atoms with Gasteiger partial charge in [-0.15, -0.1) is 0 Å². The maximum atomic E-state index is 10.1. The minimum absolute atomic E-state index is 0.271. The molecule has 0 aromatic rings. The second-order valence-corrected chi connectivity index (χ2v) is 2.86. The normalized spacial score (nSPS) is 17.8. The number of aliphatic carboxylic acids is 1. The van der Waals surface area contributed by atoms with Gasteiger partial charge in [0, 0.05) is 12.6 Å². The third-order valence-corrected chi connectivity index (χ3v) is 1.85. The quantitative estimate of drug-likeness (QED) is 0.625. The standard InChI is InChI=1S/C7H13NO2/c1-8(6-2-3-6)5-4-7(9)10/h6H,2-5H2,1H3,(H,9,10). The van der Waals surface area contributed by atoms with Crippen molar-refractivity contribution in [2.24, 2.45) is 0 Å². The molecule has 0 heterocycles. The number of hydrogen-bond acceptors (Lipinski definition) is 2. The van der Waals surface area contributed by atoms with Crippen molar-refractivity contribution in [1.82, 2.24) is 4.90 Å². The molecule has 0 spiro atoms. The van der Waals surface area contributed by atoms with E-state index in [1.807, 2.05) is 7.05 Å². The van der Waals surface area contributed by atoms with Gasteiger partial charge in [0.15, 0.2) is 0 Å². The van der Waals surface area contributed by atoms with E-state index in [9.17, 15) is 4.79 Å². The molecule has 1 N–H and O–H groups in total. The number of carboxylic acid groups (broad SMARTS) is 1. The van der Waals surface area contributed by atoms with Gasteiger partial charge in [-0.1, -0.05) is 0 Å². The smallest absolute Gasteiger partial charge is 0.304 e. The van der Waals surface area contributed by atoms with Crippen molar-refractivity contribution < 1.29 is 9.90 Å². The van der Waals surface area contributed by atoms with Gasteiger partial charge in [-0.2, -0.15) is 0 Å². The average molecular weight is 143 g/mol. The highest BCUT2D eigenvalue weighted by Gasteiger charge is 2.25. The summed E-state index contributed by atoms with van der Waals surface area (Å²) in [4.78, 5) is 12.2. The van der Waals surface area contributed by atoms with E-state index in [1.54, 1.807) is 0 Å². The van der Waals surface area contributed by atoms with E-state index in [2.05, 4.69) is 4.90 Å². The Labute approximate surface area is 60.6 Å². The summed E-state index contributed by atoms with van der Waals surface area (Å²) in [5, 5.41) is 8.34. The Morgan fingerprint density at radius 1 is 1.70 bits per heavy atom. The maximum Gasteiger partial charge on any atom is 0.304 e. The lowest BCUT2D eigenvalue weighted by Crippen LogP contribution is -2.23. The number of carbonyl (C=O) groups is 1. The van der Waals surface area contributed by atoms with Crippen LogP contribution < -0.4 is 0 Å². The Hall–Kier alpha value is -0.570. The molecule has 1 aliphatic rings. The first-order chi connectivity index (χ1) is 4.70. The molecule has 58 valence electrons. The molecule has 0 amide bonds. The van der Waals surface area contributed by atoms with Gasteiger partial charge in [-0.05, 0) is 19.9 Å². The van der Waals surface area contributed by atoms with E-state index in [1.165, 1.54) is 12.8 Å². The summed E-state index contributed by atoms with van der Waals surface area (Å²) in [5.41, 5.74) is 0. The molecule has 0 atom stereocenters. The molecule has 1 rings (SSSR count). The van der Waals surface area contributed by atoms with E-state index >= 15 is 0 Å². The van der Waals surface area contributed by atoms with Gasteiger partial charge < -0.3 is 10.0 Å². The lowest BCUT2D eigenvalue weighted by molar-refractivity contribution is -0.137. The van der Waals surface area contributed by atoms with Gasteiger partial charge in [0.25, 0.3) is 0 Å². The monoisotopic (exact) mass is 143 g/mol. The van der Waals surface area contributed by atoms with Crippen molar-refractivity contribution in [2.45, 2.75) is 25.3 Å². The van der Waals surface area contributed by atoms with Gasteiger partial charge in [-0.3, -0.25) is 4.79 Å². The summed E-state index contributed by atoms with van der Waals surface area (Å²) in [6.07, 6.45) is 2.76. The van der Waals surface area contributed by atoms with E-state index < -0.39 is 5.97 Å². The molecule has 0 aromatic carbocycles. The van der Waals surface area contributed by atoms with Crippen LogP contribution >= 0.6 is 0 Å². The third kappa shape index (κ3) is 2.35. The fraction of sp³-hybridized carbons (Fsp3) is 0.857. The fourth-order valence-electron chi connectivity index (χ4n) is 0.970. The molecule has 1 aliphatic carbocycles. The van der Waals surface area contributed by atoms with Crippen LogP contribution in [0.1, 0.15) is 19.3 Å². The predicted octanol–water partition coefficient (Wildman–Crippen LogP) is 0.555. The van der Waals surface area contributed by atoms with Crippen LogP contribution in [0.5, 0.6) is 0 Å². The van der Waals surface area contributed by atoms with Crippen LogP contribution in [-0.4, -0.2) is 35.6 Å². The van der Waals surface area contributed by atoms with Crippen LogP contribution in [0.25, 0.3) is 0 Å². The van der Waals surface area contributed by atoms with Crippen molar-refractivity contribution in [3.63, 3.8) is 0 Å². The van der Waals surface area contributed by atoms with Crippen LogP contribution in [0.3, 0.4) is 0 Å². The van der Waals surface area contributed by atoms with Crippen molar-refractivity contribution in [3.05, 3.63) is 0 Å². The van der Waals surface area contributed by atoms with E-state index in [-0.39, 0.29) is 6.42 Å². The van der Waals surface area contributed by atoms with Gasteiger partial charge in [0.05, 0.1) is 6.42 Å². The number of nitrogens with zero attached hydrogens (tertiary/aromatic N) is 1. The Bertz CT molecular complexity index is 132. The number of hydrogen-bond donors (Lipinski definition) is 1. The molecule has 0 saturated heterocycles. The summed E-state index contributed by atoms with van der Waals surface area (Å²) in [6.45, 7) is 0.694. The molecule has 0 bridgehead atoms. The first kappa shape index (κ1) is 7.54. The van der Waals surface area contributed by atoms with E-state index in [0.29, 0.717) is 12.6 Å². The van der Waals surface area contributed by atoms with Crippen LogP contribution in [0.15, 0.2) is 0 Å². The SMILES string of the molecule is CN(CCC(=O)O)C1CC1. The van der Waals surface area contributed by atoms with Crippen LogP contribution in [0, 0.1) is 0 Å². The second-order valence-electron chi connectivity index (χ2n) is 2.86. The van der Waals surface area contributed by atoms with Crippen molar-refractivity contribution in [2.75, 3.05) is 13.6 Å². The average Bonchev–Trinajstić information content (AvgIpc) is 2.63. The molecule has 0 aromatic heterocycles. The summed E-state index contributed by atoms with van der Waals surface area (Å²) in [5.74, 6) is -0.701. The molecule has 1 saturated carbocycles. The summed E-state index contributed by atoms with van der Waals surface area (Å²) < 4.78 is 0. The molecule has 0 aliphatic heterocycles. The highest BCUT2D eigenvalue weighted by molar-refractivity contribution is 5.66. The summed E-state index contributed by atoms with van der Waals surface area (Å²) in [6, 6.07) is 0.680. The molecule has 3 nitrogen and oxygen atoms in total. The van der Waals surface area contributed by atoms with Crippen molar-refractivity contribution in [3.8, 4) is 0 Å². The Kier molecular flexibility index (Phi) is 2.27. The van der Waals surface area contributed by atoms with Crippen LogP contribution in [0.4, 0.5) is 0 Å². The minimum Gasteiger partial charge on any atom is -0.481 e. The summed E-state index contributed by atoms with van der Waals surface area (Å²) in [7, 11) is 1.99. The van der Waals surface area contributed by atoms with Crippen molar-refractivity contribution >= 4 is 5.97 Å². The number of rotatable bonds is 4. The lowest BCUT2D eigenvalue weighted by atomic mass is 10.4. The van der Waals surface area contributed by atoms with E-state index in [0.717, 1.165) is 0 Å². The zero-order chi connectivity index (χ0) is 7.56. The number of carboxylic acids is 1. The minimum atomic E-state index is -0.701. The van der Waals surface area contributed by atoms with Gasteiger partial charge >= 0.3 is 5.97 Å². The molecule has 0 radical (unpaired) electrons. The zero-order valence-electron chi connectivity index (χ0n) is 6.21. The molecular weight excluding hydrogens is 130 g/mol. The topological polar surface area (TPSA) is 40.5 Å². The Morgan fingerprint density at radius 2 is 2.30 bits per heavy atom.